The molecule has 0 aliphatic heterocycles. The number of amides is 1. The average Bonchev–Trinajstić information content (AvgIpc) is 2.46. The molecule has 1 amide bonds. The van der Waals surface area contributed by atoms with Crippen LogP contribution in [-0.2, 0) is 6.42 Å². The van der Waals surface area contributed by atoms with Crippen molar-refractivity contribution < 1.29 is 4.79 Å². The average molecular weight is 283 g/mol. The maximum Gasteiger partial charge on any atom is 0.255 e. The van der Waals surface area contributed by atoms with Gasteiger partial charge in [0.25, 0.3) is 5.91 Å². The number of nitrogens with two attached hydrogens (primary N) is 1. The summed E-state index contributed by atoms with van der Waals surface area (Å²) in [5.74, 6) is 0.625. The van der Waals surface area contributed by atoms with Crippen molar-refractivity contribution in [1.82, 2.24) is 4.98 Å². The second kappa shape index (κ2) is 6.39. The van der Waals surface area contributed by atoms with Gasteiger partial charge in [-0.3, -0.25) is 4.79 Å². The highest BCUT2D eigenvalue weighted by atomic mass is 16.1. The molecule has 1 aromatic carbocycles. The largest absolute Gasteiger partial charge is 0.384 e. The van der Waals surface area contributed by atoms with E-state index >= 15 is 0 Å². The third-order valence-electron chi connectivity index (χ3n) is 3.33. The summed E-state index contributed by atoms with van der Waals surface area (Å²) < 4.78 is 0. The third kappa shape index (κ3) is 3.81. The predicted molar refractivity (Wildman–Crippen MR) is 86.5 cm³/mol. The van der Waals surface area contributed by atoms with Gasteiger partial charge in [-0.1, -0.05) is 32.9 Å². The Kier molecular flexibility index (Phi) is 4.58. The van der Waals surface area contributed by atoms with Crippen molar-refractivity contribution in [2.24, 2.45) is 0 Å². The molecule has 110 valence electrons. The molecule has 1 aromatic heterocycles. The van der Waals surface area contributed by atoms with Gasteiger partial charge in [0.2, 0.25) is 0 Å². The summed E-state index contributed by atoms with van der Waals surface area (Å²) in [6, 6.07) is 11.3. The first-order chi connectivity index (χ1) is 9.99. The summed E-state index contributed by atoms with van der Waals surface area (Å²) in [5, 5.41) is 2.91. The zero-order chi connectivity index (χ0) is 15.4. The first-order valence-corrected chi connectivity index (χ1v) is 7.17. The van der Waals surface area contributed by atoms with Crippen LogP contribution in [0.5, 0.6) is 0 Å². The molecule has 1 heterocycles. The molecule has 0 atom stereocenters. The number of nitrogens with one attached hydrogen (secondary N) is 1. The minimum atomic E-state index is -0.167. The number of rotatable bonds is 4. The van der Waals surface area contributed by atoms with Crippen LogP contribution in [0.25, 0.3) is 0 Å². The number of nitrogens with zero attached hydrogens (tertiary/aromatic N) is 1. The van der Waals surface area contributed by atoms with Crippen molar-refractivity contribution in [2.45, 2.75) is 33.1 Å². The highest BCUT2D eigenvalue weighted by Crippen LogP contribution is 2.19. The Hall–Kier alpha value is -2.36. The highest BCUT2D eigenvalue weighted by Gasteiger charge is 2.09. The van der Waals surface area contributed by atoms with E-state index in [9.17, 15) is 4.79 Å². The zero-order valence-electron chi connectivity index (χ0n) is 12.7. The van der Waals surface area contributed by atoms with E-state index in [1.807, 2.05) is 25.1 Å². The Morgan fingerprint density at radius 1 is 1.29 bits per heavy atom. The summed E-state index contributed by atoms with van der Waals surface area (Å²) >= 11 is 0. The van der Waals surface area contributed by atoms with Crippen molar-refractivity contribution in [3.05, 3.63) is 53.2 Å². The van der Waals surface area contributed by atoms with Crippen molar-refractivity contribution in [3.8, 4) is 0 Å². The van der Waals surface area contributed by atoms with Crippen molar-refractivity contribution in [3.63, 3.8) is 0 Å². The van der Waals surface area contributed by atoms with Crippen LogP contribution in [0.15, 0.2) is 36.4 Å². The minimum Gasteiger partial charge on any atom is -0.384 e. The van der Waals surface area contributed by atoms with E-state index in [2.05, 4.69) is 30.2 Å². The number of hydrogen-bond donors (Lipinski definition) is 2. The van der Waals surface area contributed by atoms with Crippen LogP contribution in [0.2, 0.25) is 0 Å². The maximum atomic E-state index is 12.3. The lowest BCUT2D eigenvalue weighted by atomic mass is 10.0. The molecule has 0 fully saturated rings. The number of pyridine rings is 1. The quantitative estimate of drug-likeness (QED) is 0.900. The first-order valence-electron chi connectivity index (χ1n) is 7.17. The van der Waals surface area contributed by atoms with Crippen LogP contribution in [0.3, 0.4) is 0 Å². The van der Waals surface area contributed by atoms with Crippen molar-refractivity contribution in [1.29, 1.82) is 0 Å². The van der Waals surface area contributed by atoms with Crippen LogP contribution in [-0.4, -0.2) is 10.9 Å². The van der Waals surface area contributed by atoms with E-state index in [1.54, 1.807) is 12.1 Å². The van der Waals surface area contributed by atoms with Gasteiger partial charge >= 0.3 is 0 Å². The van der Waals surface area contributed by atoms with Crippen molar-refractivity contribution in [2.75, 3.05) is 11.1 Å². The number of anilines is 2. The molecule has 0 aliphatic carbocycles. The number of carbonyl (C=O) groups excluding carboxylic acids is 1. The first kappa shape index (κ1) is 15.0. The normalized spacial score (nSPS) is 10.7. The molecule has 0 bridgehead atoms. The number of carbonyl (C=O) groups is 1. The van der Waals surface area contributed by atoms with Crippen molar-refractivity contribution >= 4 is 17.4 Å². The van der Waals surface area contributed by atoms with Crippen LogP contribution >= 0.6 is 0 Å². The molecule has 2 rings (SSSR count). The number of hydrogen-bond acceptors (Lipinski definition) is 3. The second-order valence-electron chi connectivity index (χ2n) is 5.36. The molecule has 21 heavy (non-hydrogen) atoms. The van der Waals surface area contributed by atoms with E-state index in [0.29, 0.717) is 17.3 Å². The Bertz CT molecular complexity index is 650. The number of nitrogen functional groups attached to an aromatic ring is 1. The lowest BCUT2D eigenvalue weighted by Gasteiger charge is -2.10. The second-order valence-corrected chi connectivity index (χ2v) is 5.36. The van der Waals surface area contributed by atoms with Gasteiger partial charge in [-0.15, -0.1) is 0 Å². The molecule has 0 aliphatic rings. The van der Waals surface area contributed by atoms with E-state index in [4.69, 9.17) is 5.73 Å². The summed E-state index contributed by atoms with van der Waals surface area (Å²) in [7, 11) is 0. The van der Waals surface area contributed by atoms with Gasteiger partial charge in [-0.25, -0.2) is 4.98 Å². The van der Waals surface area contributed by atoms with Gasteiger partial charge in [-0.05, 0) is 42.2 Å². The van der Waals surface area contributed by atoms with Crippen LogP contribution in [0, 0.1) is 0 Å². The van der Waals surface area contributed by atoms with Crippen LogP contribution in [0.4, 0.5) is 11.5 Å². The third-order valence-corrected chi connectivity index (χ3v) is 3.33. The Morgan fingerprint density at radius 3 is 2.71 bits per heavy atom. The molecule has 3 N–H and O–H groups in total. The summed E-state index contributed by atoms with van der Waals surface area (Å²) in [5.41, 5.74) is 9.07. The SMILES string of the molecule is CCc1cc(C(=O)Nc2cccc(C(C)C)c2)cc(N)n1. The van der Waals surface area contributed by atoms with Gasteiger partial charge in [0, 0.05) is 16.9 Å². The number of aryl methyl sites for hydroxylation is 1. The Labute approximate surface area is 125 Å². The topological polar surface area (TPSA) is 68.0 Å². The summed E-state index contributed by atoms with van der Waals surface area (Å²) in [6.45, 7) is 6.23. The van der Waals surface area contributed by atoms with E-state index < -0.39 is 0 Å². The zero-order valence-corrected chi connectivity index (χ0v) is 12.7. The molecule has 0 spiro atoms. The lowest BCUT2D eigenvalue weighted by Crippen LogP contribution is -2.13. The minimum absolute atomic E-state index is 0.167. The smallest absolute Gasteiger partial charge is 0.255 e. The van der Waals surface area contributed by atoms with Gasteiger partial charge in [0.05, 0.1) is 0 Å². The van der Waals surface area contributed by atoms with Gasteiger partial charge in [-0.2, -0.15) is 0 Å². The highest BCUT2D eigenvalue weighted by molar-refractivity contribution is 6.04. The Balaban J connectivity index is 2.21. The fourth-order valence-corrected chi connectivity index (χ4v) is 2.10. The van der Waals surface area contributed by atoms with Gasteiger partial charge in [0.15, 0.2) is 0 Å². The monoisotopic (exact) mass is 283 g/mol. The molecule has 0 radical (unpaired) electrons. The number of benzene rings is 1. The van der Waals surface area contributed by atoms with E-state index in [-0.39, 0.29) is 5.91 Å². The number of aromatic nitrogens is 1. The predicted octanol–water partition coefficient (Wildman–Crippen LogP) is 3.60. The molecule has 4 nitrogen and oxygen atoms in total. The molecule has 4 heteroatoms. The van der Waals surface area contributed by atoms with Crippen LogP contribution < -0.4 is 11.1 Å². The fraction of sp³-hybridized carbons (Fsp3) is 0.294. The summed E-state index contributed by atoms with van der Waals surface area (Å²) in [6.07, 6.45) is 0.744. The van der Waals surface area contributed by atoms with Gasteiger partial charge < -0.3 is 11.1 Å². The summed E-state index contributed by atoms with van der Waals surface area (Å²) in [4.78, 5) is 16.5. The Morgan fingerprint density at radius 2 is 2.05 bits per heavy atom. The van der Waals surface area contributed by atoms with E-state index in [1.165, 1.54) is 5.56 Å². The lowest BCUT2D eigenvalue weighted by molar-refractivity contribution is 0.102. The molecule has 0 saturated heterocycles. The maximum absolute atomic E-state index is 12.3. The molecular formula is C17H21N3O. The molecule has 0 unspecified atom stereocenters. The standard InChI is InChI=1S/C17H21N3O/c1-4-14-9-13(10-16(18)19-14)17(21)20-15-7-5-6-12(8-15)11(2)3/h5-11H,4H2,1-3H3,(H2,18,19)(H,20,21). The van der Waals surface area contributed by atoms with Crippen LogP contribution in [0.1, 0.15) is 48.3 Å². The van der Waals surface area contributed by atoms with Gasteiger partial charge in [0.1, 0.15) is 5.82 Å². The fourth-order valence-electron chi connectivity index (χ4n) is 2.10. The van der Waals surface area contributed by atoms with E-state index in [0.717, 1.165) is 17.8 Å². The molecular weight excluding hydrogens is 262 g/mol. The molecule has 0 saturated carbocycles. The molecule has 2 aromatic rings.